The molecule has 1 aliphatic carbocycles. The summed E-state index contributed by atoms with van der Waals surface area (Å²) >= 11 is 0. The van der Waals surface area contributed by atoms with Crippen LogP contribution in [0, 0.1) is 0 Å². The molecule has 1 N–H and O–H groups in total. The average molecular weight is 302 g/mol. The lowest BCUT2D eigenvalue weighted by atomic mass is 10.1. The predicted molar refractivity (Wildman–Crippen MR) is 88.6 cm³/mol. The summed E-state index contributed by atoms with van der Waals surface area (Å²) in [4.78, 5) is 18.9. The first-order chi connectivity index (χ1) is 10.9. The van der Waals surface area contributed by atoms with Crippen molar-refractivity contribution >= 4 is 17.8 Å². The zero-order valence-corrected chi connectivity index (χ0v) is 13.3. The molecule has 2 saturated heterocycles. The molecule has 0 radical (unpaired) electrons. The molecule has 120 valence electrons. The molecule has 4 rings (SSSR count). The van der Waals surface area contributed by atoms with Crippen molar-refractivity contribution < 1.29 is 0 Å². The summed E-state index contributed by atoms with van der Waals surface area (Å²) in [5.74, 6) is 2.52. The maximum atomic E-state index is 4.80. The number of anilines is 3. The number of nitrogens with one attached hydrogen (secondary N) is 1. The molecule has 1 aromatic heterocycles. The summed E-state index contributed by atoms with van der Waals surface area (Å²) in [6, 6.07) is 0.575. The van der Waals surface area contributed by atoms with E-state index in [2.05, 4.69) is 15.1 Å². The van der Waals surface area contributed by atoms with E-state index < -0.39 is 0 Å². The molecule has 3 fully saturated rings. The van der Waals surface area contributed by atoms with Crippen LogP contribution < -0.4 is 15.1 Å². The van der Waals surface area contributed by atoms with Gasteiger partial charge in [0.25, 0.3) is 0 Å². The number of nitrogens with zero attached hydrogens (tertiary/aromatic N) is 5. The van der Waals surface area contributed by atoms with Gasteiger partial charge in [-0.15, -0.1) is 0 Å². The van der Waals surface area contributed by atoms with Gasteiger partial charge in [0.1, 0.15) is 0 Å². The van der Waals surface area contributed by atoms with Crippen LogP contribution in [0.5, 0.6) is 0 Å². The third-order valence-corrected chi connectivity index (χ3v) is 4.80. The molecule has 2 aliphatic heterocycles. The second-order valence-electron chi connectivity index (χ2n) is 6.77. The first-order valence-corrected chi connectivity index (χ1v) is 8.91. The van der Waals surface area contributed by atoms with E-state index in [9.17, 15) is 0 Å². The molecule has 0 bridgehead atoms. The average Bonchev–Trinajstić information content (AvgIpc) is 3.40. The number of piperidine rings is 2. The molecule has 0 aromatic carbocycles. The summed E-state index contributed by atoms with van der Waals surface area (Å²) < 4.78 is 0. The molecule has 1 aromatic rings. The maximum Gasteiger partial charge on any atom is 0.231 e. The van der Waals surface area contributed by atoms with E-state index in [0.717, 1.165) is 44.0 Å². The highest BCUT2D eigenvalue weighted by Gasteiger charge is 2.25. The SMILES string of the molecule is C1CCN(c2nc(NC3CC3)nc(N3CCCCC3)n2)CC1. The molecule has 0 unspecified atom stereocenters. The minimum atomic E-state index is 0.575. The van der Waals surface area contributed by atoms with Gasteiger partial charge in [0.2, 0.25) is 17.8 Å². The number of aromatic nitrogens is 3. The van der Waals surface area contributed by atoms with Gasteiger partial charge in [0.15, 0.2) is 0 Å². The van der Waals surface area contributed by atoms with Crippen molar-refractivity contribution in [1.29, 1.82) is 0 Å². The molecule has 3 heterocycles. The molecule has 0 amide bonds. The van der Waals surface area contributed by atoms with Crippen LogP contribution in [-0.2, 0) is 0 Å². The summed E-state index contributed by atoms with van der Waals surface area (Å²) in [5.41, 5.74) is 0. The van der Waals surface area contributed by atoms with Crippen LogP contribution in [0.4, 0.5) is 17.8 Å². The third kappa shape index (κ3) is 3.25. The Bertz CT molecular complexity index is 467. The van der Waals surface area contributed by atoms with Gasteiger partial charge < -0.3 is 15.1 Å². The van der Waals surface area contributed by atoms with Crippen molar-refractivity contribution in [2.45, 2.75) is 57.4 Å². The summed E-state index contributed by atoms with van der Waals surface area (Å²) in [6.07, 6.45) is 10.1. The van der Waals surface area contributed by atoms with E-state index in [-0.39, 0.29) is 0 Å². The Hall–Kier alpha value is -1.59. The van der Waals surface area contributed by atoms with Gasteiger partial charge in [-0.2, -0.15) is 15.0 Å². The normalized spacial score (nSPS) is 22.7. The summed E-state index contributed by atoms with van der Waals surface area (Å²) in [7, 11) is 0. The van der Waals surface area contributed by atoms with E-state index >= 15 is 0 Å². The minimum absolute atomic E-state index is 0.575. The lowest BCUT2D eigenvalue weighted by Gasteiger charge is -2.30. The van der Waals surface area contributed by atoms with E-state index in [4.69, 9.17) is 15.0 Å². The van der Waals surface area contributed by atoms with Gasteiger partial charge >= 0.3 is 0 Å². The highest BCUT2D eigenvalue weighted by molar-refractivity contribution is 5.46. The lowest BCUT2D eigenvalue weighted by molar-refractivity contribution is 0.556. The predicted octanol–water partition coefficient (Wildman–Crippen LogP) is 2.43. The summed E-state index contributed by atoms with van der Waals surface area (Å²) in [5, 5.41) is 3.46. The van der Waals surface area contributed by atoms with Gasteiger partial charge in [0, 0.05) is 32.2 Å². The molecule has 3 aliphatic rings. The first kappa shape index (κ1) is 14.0. The number of hydrogen-bond acceptors (Lipinski definition) is 6. The highest BCUT2D eigenvalue weighted by Crippen LogP contribution is 2.26. The molecule has 22 heavy (non-hydrogen) atoms. The summed E-state index contributed by atoms with van der Waals surface area (Å²) in [6.45, 7) is 4.30. The smallest absolute Gasteiger partial charge is 0.231 e. The number of rotatable bonds is 4. The van der Waals surface area contributed by atoms with Crippen LogP contribution in [0.15, 0.2) is 0 Å². The maximum absolute atomic E-state index is 4.80. The molecular formula is C16H26N6. The number of hydrogen-bond donors (Lipinski definition) is 1. The van der Waals surface area contributed by atoms with E-state index in [1.165, 1.54) is 51.4 Å². The molecule has 6 heteroatoms. The van der Waals surface area contributed by atoms with Crippen molar-refractivity contribution in [3.8, 4) is 0 Å². The van der Waals surface area contributed by atoms with E-state index in [1.807, 2.05) is 0 Å². The van der Waals surface area contributed by atoms with Gasteiger partial charge in [0.05, 0.1) is 0 Å². The topological polar surface area (TPSA) is 57.2 Å². The Labute approximate surface area is 132 Å². The van der Waals surface area contributed by atoms with E-state index in [0.29, 0.717) is 6.04 Å². The van der Waals surface area contributed by atoms with Crippen molar-refractivity contribution in [1.82, 2.24) is 15.0 Å². The van der Waals surface area contributed by atoms with Crippen LogP contribution >= 0.6 is 0 Å². The monoisotopic (exact) mass is 302 g/mol. The van der Waals surface area contributed by atoms with Gasteiger partial charge in [-0.1, -0.05) is 0 Å². The first-order valence-electron chi connectivity index (χ1n) is 8.91. The molecule has 0 spiro atoms. The second kappa shape index (κ2) is 6.26. The lowest BCUT2D eigenvalue weighted by Crippen LogP contribution is -2.34. The Morgan fingerprint density at radius 3 is 1.64 bits per heavy atom. The fourth-order valence-corrected chi connectivity index (χ4v) is 3.30. The fraction of sp³-hybridized carbons (Fsp3) is 0.812. The zero-order valence-electron chi connectivity index (χ0n) is 13.3. The Morgan fingerprint density at radius 1 is 0.682 bits per heavy atom. The van der Waals surface area contributed by atoms with Gasteiger partial charge in [-0.3, -0.25) is 0 Å². The molecular weight excluding hydrogens is 276 g/mol. The second-order valence-corrected chi connectivity index (χ2v) is 6.77. The highest BCUT2D eigenvalue weighted by atomic mass is 15.4. The quantitative estimate of drug-likeness (QED) is 0.922. The Balaban J connectivity index is 1.60. The van der Waals surface area contributed by atoms with Crippen molar-refractivity contribution in [2.24, 2.45) is 0 Å². The zero-order chi connectivity index (χ0) is 14.8. The van der Waals surface area contributed by atoms with Crippen molar-refractivity contribution in [3.05, 3.63) is 0 Å². The largest absolute Gasteiger partial charge is 0.351 e. The van der Waals surface area contributed by atoms with Crippen LogP contribution in [-0.4, -0.2) is 47.2 Å². The minimum Gasteiger partial charge on any atom is -0.351 e. The van der Waals surface area contributed by atoms with E-state index in [1.54, 1.807) is 0 Å². The standard InChI is InChI=1S/C16H26N6/c1-3-9-21(10-4-1)15-18-14(17-13-7-8-13)19-16(20-15)22-11-5-2-6-12-22/h13H,1-12H2,(H,17,18,19,20). The molecule has 0 atom stereocenters. The molecule has 6 nitrogen and oxygen atoms in total. The fourth-order valence-electron chi connectivity index (χ4n) is 3.30. The van der Waals surface area contributed by atoms with Crippen LogP contribution in [0.3, 0.4) is 0 Å². The third-order valence-electron chi connectivity index (χ3n) is 4.80. The Kier molecular flexibility index (Phi) is 3.99. The van der Waals surface area contributed by atoms with Gasteiger partial charge in [-0.05, 0) is 51.4 Å². The van der Waals surface area contributed by atoms with Crippen molar-refractivity contribution in [3.63, 3.8) is 0 Å². The van der Waals surface area contributed by atoms with Crippen LogP contribution in [0.2, 0.25) is 0 Å². The Morgan fingerprint density at radius 2 is 1.18 bits per heavy atom. The van der Waals surface area contributed by atoms with Crippen LogP contribution in [0.1, 0.15) is 51.4 Å². The molecule has 1 saturated carbocycles. The van der Waals surface area contributed by atoms with Gasteiger partial charge in [-0.25, -0.2) is 0 Å². The van der Waals surface area contributed by atoms with Crippen molar-refractivity contribution in [2.75, 3.05) is 41.3 Å². The van der Waals surface area contributed by atoms with Crippen LogP contribution in [0.25, 0.3) is 0 Å².